The van der Waals surface area contributed by atoms with E-state index in [-0.39, 0.29) is 30.0 Å². The molecule has 0 fully saturated rings. The molecule has 12 nitrogen and oxygen atoms in total. The fourth-order valence-corrected chi connectivity index (χ4v) is 7.27. The van der Waals surface area contributed by atoms with Crippen molar-refractivity contribution in [1.29, 1.82) is 0 Å². The highest BCUT2D eigenvalue weighted by molar-refractivity contribution is 7.12. The number of hydrogen-bond acceptors (Lipinski definition) is 9. The Hall–Kier alpha value is -4.14. The number of hydrogen-bond donors (Lipinski definition) is 4. The van der Waals surface area contributed by atoms with Gasteiger partial charge in [0.2, 0.25) is 23.6 Å². The summed E-state index contributed by atoms with van der Waals surface area (Å²) < 4.78 is 0. The van der Waals surface area contributed by atoms with E-state index in [0.717, 1.165) is 16.9 Å². The second-order valence-electron chi connectivity index (χ2n) is 12.7. The van der Waals surface area contributed by atoms with Crippen LogP contribution in [0.1, 0.15) is 71.5 Å². The summed E-state index contributed by atoms with van der Waals surface area (Å²) in [6, 6.07) is 10.6. The van der Waals surface area contributed by atoms with Crippen molar-refractivity contribution in [3.8, 4) is 0 Å². The first-order chi connectivity index (χ1) is 23.3. The van der Waals surface area contributed by atoms with Crippen molar-refractivity contribution in [3.63, 3.8) is 0 Å². The lowest BCUT2D eigenvalue weighted by atomic mass is 10.0. The van der Waals surface area contributed by atoms with E-state index >= 15 is 0 Å². The SMILES string of the molecule is CCc1ccc(CN2CCN(C)C(=O)[C@@H](C)NC(=O)[C@H](C(C)C)NC(=O)[C@H](C)NC(=O)c3csc(n3)[C@H](Cc3ccccc3)NC(=O)C2)s1. The number of amides is 5. The Morgan fingerprint density at radius 2 is 1.59 bits per heavy atom. The zero-order valence-corrected chi connectivity index (χ0v) is 30.6. The van der Waals surface area contributed by atoms with Crippen LogP contribution in [0.4, 0.5) is 0 Å². The van der Waals surface area contributed by atoms with Gasteiger partial charge in [0.15, 0.2) is 0 Å². The van der Waals surface area contributed by atoms with Crippen LogP contribution >= 0.6 is 22.7 Å². The lowest BCUT2D eigenvalue weighted by Gasteiger charge is -2.28. The highest BCUT2D eigenvalue weighted by atomic mass is 32.1. The summed E-state index contributed by atoms with van der Waals surface area (Å²) >= 11 is 2.95. The van der Waals surface area contributed by atoms with Gasteiger partial charge in [0, 0.05) is 41.8 Å². The van der Waals surface area contributed by atoms with Crippen LogP contribution < -0.4 is 21.3 Å². The lowest BCUT2D eigenvalue weighted by Crippen LogP contribution is -2.57. The number of thiazole rings is 1. The molecule has 2 bridgehead atoms. The Morgan fingerprint density at radius 3 is 2.27 bits per heavy atom. The maximum Gasteiger partial charge on any atom is 0.271 e. The van der Waals surface area contributed by atoms with Gasteiger partial charge in [-0.3, -0.25) is 28.9 Å². The van der Waals surface area contributed by atoms with Gasteiger partial charge >= 0.3 is 0 Å². The average molecular weight is 710 g/mol. The minimum Gasteiger partial charge on any atom is -0.345 e. The molecule has 49 heavy (non-hydrogen) atoms. The molecule has 264 valence electrons. The predicted octanol–water partition coefficient (Wildman–Crippen LogP) is 2.91. The number of aryl methyl sites for hydroxylation is 1. The third-order valence-corrected chi connectivity index (χ3v) is 10.5. The topological polar surface area (TPSA) is 153 Å². The monoisotopic (exact) mass is 709 g/mol. The molecule has 0 saturated carbocycles. The summed E-state index contributed by atoms with van der Waals surface area (Å²) in [5.74, 6) is -2.42. The molecule has 0 saturated heterocycles. The van der Waals surface area contributed by atoms with E-state index < -0.39 is 41.9 Å². The van der Waals surface area contributed by atoms with Crippen molar-refractivity contribution in [2.75, 3.05) is 26.7 Å². The fourth-order valence-electron chi connectivity index (χ4n) is 5.42. The Morgan fingerprint density at radius 1 is 0.878 bits per heavy atom. The van der Waals surface area contributed by atoms with E-state index in [9.17, 15) is 24.0 Å². The molecular formula is C35H47N7O5S2. The first-order valence-corrected chi connectivity index (χ1v) is 18.3. The van der Waals surface area contributed by atoms with Crippen molar-refractivity contribution in [2.24, 2.45) is 5.92 Å². The van der Waals surface area contributed by atoms with Crippen molar-refractivity contribution >= 4 is 52.2 Å². The van der Waals surface area contributed by atoms with E-state index in [0.29, 0.717) is 31.1 Å². The molecule has 0 spiro atoms. The quantitative estimate of drug-likeness (QED) is 0.307. The summed E-state index contributed by atoms with van der Waals surface area (Å²) in [7, 11) is 1.67. The van der Waals surface area contributed by atoms with Crippen LogP contribution in [0.2, 0.25) is 0 Å². The Bertz CT molecular complexity index is 1610. The van der Waals surface area contributed by atoms with Crippen LogP contribution in [-0.4, -0.2) is 89.1 Å². The number of benzene rings is 1. The number of fused-ring (bicyclic) bond motifs is 2. The molecule has 5 amide bonds. The van der Waals surface area contributed by atoms with E-state index in [4.69, 9.17) is 0 Å². The number of carbonyl (C=O) groups is 5. The fraction of sp³-hybridized carbons (Fsp3) is 0.486. The molecule has 4 N–H and O–H groups in total. The number of aromatic nitrogens is 1. The molecule has 4 atom stereocenters. The van der Waals surface area contributed by atoms with Gasteiger partial charge in [-0.2, -0.15) is 0 Å². The number of likely N-dealkylation sites (N-methyl/N-ethyl adjacent to an activating group) is 1. The van der Waals surface area contributed by atoms with Crippen molar-refractivity contribution in [3.05, 3.63) is 73.9 Å². The Balaban J connectivity index is 1.65. The molecule has 3 heterocycles. The molecule has 3 aromatic rings. The molecule has 1 aromatic carbocycles. The van der Waals surface area contributed by atoms with E-state index in [1.165, 1.54) is 23.1 Å². The standard InChI is InChI=1S/C35H47N7O5S2/c1-7-25-13-14-26(49-25)18-42-16-15-41(6)35(47)23(5)37-33(46)30(21(2)3)40-31(44)22(4)36-32(45)28-20-48-34(39-28)27(38-29(43)19-42)17-24-11-9-8-10-12-24/h8-14,20-23,27,30H,7,15-19H2,1-6H3,(H,36,45)(H,37,46)(H,38,43)(H,40,44)/t22-,23+,27-,30-/m0/s1. The van der Waals surface area contributed by atoms with Gasteiger partial charge < -0.3 is 26.2 Å². The molecule has 1 aliphatic rings. The minimum atomic E-state index is -0.978. The molecule has 2 aromatic heterocycles. The van der Waals surface area contributed by atoms with Gasteiger partial charge in [0.1, 0.15) is 28.8 Å². The minimum absolute atomic E-state index is 0.0685. The summed E-state index contributed by atoms with van der Waals surface area (Å²) in [5.41, 5.74) is 1.11. The Kier molecular flexibility index (Phi) is 13.5. The number of nitrogens with one attached hydrogen (secondary N) is 4. The highest BCUT2D eigenvalue weighted by Crippen LogP contribution is 2.23. The number of carbonyl (C=O) groups excluding carboxylic acids is 5. The smallest absolute Gasteiger partial charge is 0.271 e. The van der Waals surface area contributed by atoms with E-state index in [1.54, 1.807) is 49.4 Å². The van der Waals surface area contributed by atoms with Crippen LogP contribution in [0, 0.1) is 5.92 Å². The van der Waals surface area contributed by atoms with Gasteiger partial charge in [-0.15, -0.1) is 22.7 Å². The number of rotatable bonds is 6. The van der Waals surface area contributed by atoms with E-state index in [2.05, 4.69) is 45.3 Å². The summed E-state index contributed by atoms with van der Waals surface area (Å²) in [5, 5.41) is 13.4. The largest absolute Gasteiger partial charge is 0.345 e. The van der Waals surface area contributed by atoms with Gasteiger partial charge in [-0.1, -0.05) is 51.1 Å². The summed E-state index contributed by atoms with van der Waals surface area (Å²) in [6.45, 7) is 10.1. The maximum atomic E-state index is 13.7. The van der Waals surface area contributed by atoms with Crippen LogP contribution in [0.5, 0.6) is 0 Å². The Labute approximate surface area is 296 Å². The zero-order chi connectivity index (χ0) is 35.7. The predicted molar refractivity (Wildman–Crippen MR) is 191 cm³/mol. The molecule has 0 radical (unpaired) electrons. The first kappa shape index (κ1) is 37.7. The van der Waals surface area contributed by atoms with Crippen LogP contribution in [0.3, 0.4) is 0 Å². The third kappa shape index (κ3) is 10.7. The summed E-state index contributed by atoms with van der Waals surface area (Å²) in [4.78, 5) is 77.2. The highest BCUT2D eigenvalue weighted by Gasteiger charge is 2.31. The zero-order valence-electron chi connectivity index (χ0n) is 28.9. The summed E-state index contributed by atoms with van der Waals surface area (Å²) in [6.07, 6.45) is 1.37. The maximum absolute atomic E-state index is 13.7. The van der Waals surface area contributed by atoms with Crippen LogP contribution in [0.25, 0.3) is 0 Å². The van der Waals surface area contributed by atoms with Crippen molar-refractivity contribution in [1.82, 2.24) is 36.1 Å². The van der Waals surface area contributed by atoms with Crippen molar-refractivity contribution in [2.45, 2.75) is 78.2 Å². The second-order valence-corrected chi connectivity index (χ2v) is 14.9. The molecule has 14 heteroatoms. The number of nitrogens with zero attached hydrogens (tertiary/aromatic N) is 3. The third-order valence-electron chi connectivity index (χ3n) is 8.33. The van der Waals surface area contributed by atoms with Gasteiger partial charge in [0.05, 0.1) is 12.6 Å². The molecule has 0 aliphatic carbocycles. The van der Waals surface area contributed by atoms with E-state index in [1.807, 2.05) is 35.2 Å². The van der Waals surface area contributed by atoms with Crippen molar-refractivity contribution < 1.29 is 24.0 Å². The van der Waals surface area contributed by atoms with Gasteiger partial charge in [0.25, 0.3) is 5.91 Å². The van der Waals surface area contributed by atoms with Crippen LogP contribution in [-0.2, 0) is 38.6 Å². The molecule has 4 rings (SSSR count). The average Bonchev–Trinajstić information content (AvgIpc) is 3.75. The van der Waals surface area contributed by atoms with Gasteiger partial charge in [-0.05, 0) is 50.3 Å². The normalized spacial score (nSPS) is 22.6. The van der Waals surface area contributed by atoms with Gasteiger partial charge in [-0.25, -0.2) is 4.98 Å². The second kappa shape index (κ2) is 17.5. The van der Waals surface area contributed by atoms with Crippen LogP contribution in [0.15, 0.2) is 47.8 Å². The first-order valence-electron chi connectivity index (χ1n) is 16.6. The molecule has 1 aliphatic heterocycles. The molecular weight excluding hydrogens is 663 g/mol. The molecule has 0 unspecified atom stereocenters. The lowest BCUT2D eigenvalue weighted by molar-refractivity contribution is -0.136. The number of thiophene rings is 1.